The summed E-state index contributed by atoms with van der Waals surface area (Å²) >= 11 is 5.34. The van der Waals surface area contributed by atoms with Gasteiger partial charge in [-0.3, -0.25) is 0 Å². The van der Waals surface area contributed by atoms with Gasteiger partial charge in [0.15, 0.2) is 0 Å². The first-order valence-electron chi connectivity index (χ1n) is 5.80. The van der Waals surface area contributed by atoms with Crippen LogP contribution < -0.4 is 11.1 Å². The Kier molecular flexibility index (Phi) is 4.06. The highest BCUT2D eigenvalue weighted by Gasteiger charge is 2.35. The van der Waals surface area contributed by atoms with Crippen LogP contribution in [0.3, 0.4) is 0 Å². The van der Waals surface area contributed by atoms with Crippen molar-refractivity contribution in [2.24, 2.45) is 11.1 Å². The first kappa shape index (κ1) is 12.6. The van der Waals surface area contributed by atoms with Gasteiger partial charge in [-0.2, -0.15) is 0 Å². The Bertz CT molecular complexity index is 353. The van der Waals surface area contributed by atoms with Gasteiger partial charge in [-0.1, -0.05) is 13.3 Å². The fourth-order valence-corrected chi connectivity index (χ4v) is 3.85. The summed E-state index contributed by atoms with van der Waals surface area (Å²) < 4.78 is 1.21. The van der Waals surface area contributed by atoms with Crippen molar-refractivity contribution in [3.05, 3.63) is 20.8 Å². The van der Waals surface area contributed by atoms with Gasteiger partial charge < -0.3 is 11.1 Å². The largest absolute Gasteiger partial charge is 0.327 e. The standard InChI is InChI=1S/C12H19BrN2S/c1-12(5-2-3-11(12)14)8-15-7-10-9(13)4-6-16-10/h4,6,11,15H,2-3,5,7-8,14H2,1H3. The summed E-state index contributed by atoms with van der Waals surface area (Å²) in [7, 11) is 0. The molecule has 0 aromatic carbocycles. The van der Waals surface area contributed by atoms with Crippen LogP contribution in [0.15, 0.2) is 15.9 Å². The maximum atomic E-state index is 6.16. The third-order valence-electron chi connectivity index (χ3n) is 3.66. The normalized spacial score (nSPS) is 29.8. The molecule has 0 bridgehead atoms. The molecule has 2 atom stereocenters. The van der Waals surface area contributed by atoms with Gasteiger partial charge >= 0.3 is 0 Å². The molecule has 0 radical (unpaired) electrons. The fourth-order valence-electron chi connectivity index (χ4n) is 2.39. The SMILES string of the molecule is CC1(CNCc2sccc2Br)CCCC1N. The van der Waals surface area contributed by atoms with Gasteiger partial charge in [0.05, 0.1) is 0 Å². The van der Waals surface area contributed by atoms with E-state index >= 15 is 0 Å². The zero-order chi connectivity index (χ0) is 11.6. The van der Waals surface area contributed by atoms with Crippen LogP contribution in [-0.2, 0) is 6.54 Å². The molecule has 1 aromatic heterocycles. The highest BCUT2D eigenvalue weighted by Crippen LogP contribution is 2.36. The third-order valence-corrected chi connectivity index (χ3v) is 5.59. The van der Waals surface area contributed by atoms with Gasteiger partial charge in [0.2, 0.25) is 0 Å². The van der Waals surface area contributed by atoms with E-state index in [-0.39, 0.29) is 0 Å². The second-order valence-electron chi connectivity index (χ2n) is 4.95. The van der Waals surface area contributed by atoms with Crippen LogP contribution in [-0.4, -0.2) is 12.6 Å². The minimum absolute atomic E-state index is 0.295. The van der Waals surface area contributed by atoms with E-state index in [4.69, 9.17) is 5.73 Å². The van der Waals surface area contributed by atoms with Crippen LogP contribution in [0.4, 0.5) is 0 Å². The molecule has 0 aliphatic heterocycles. The van der Waals surface area contributed by atoms with E-state index in [0.717, 1.165) is 13.1 Å². The number of halogens is 1. The summed E-state index contributed by atoms with van der Waals surface area (Å²) in [4.78, 5) is 1.37. The van der Waals surface area contributed by atoms with E-state index < -0.39 is 0 Å². The van der Waals surface area contributed by atoms with Crippen molar-refractivity contribution in [2.45, 2.75) is 38.8 Å². The molecule has 1 aromatic rings. The molecule has 0 spiro atoms. The molecule has 3 N–H and O–H groups in total. The van der Waals surface area contributed by atoms with Crippen molar-refractivity contribution >= 4 is 27.3 Å². The Balaban J connectivity index is 1.82. The predicted molar refractivity (Wildman–Crippen MR) is 73.7 cm³/mol. The quantitative estimate of drug-likeness (QED) is 0.897. The van der Waals surface area contributed by atoms with Crippen LogP contribution in [0, 0.1) is 5.41 Å². The van der Waals surface area contributed by atoms with Gasteiger partial charge in [0, 0.05) is 28.5 Å². The minimum atomic E-state index is 0.295. The molecule has 4 heteroatoms. The van der Waals surface area contributed by atoms with Gasteiger partial charge in [0.1, 0.15) is 0 Å². The van der Waals surface area contributed by atoms with E-state index in [1.54, 1.807) is 11.3 Å². The molecule has 1 saturated carbocycles. The smallest absolute Gasteiger partial charge is 0.0327 e. The lowest BCUT2D eigenvalue weighted by Crippen LogP contribution is -2.42. The zero-order valence-corrected chi connectivity index (χ0v) is 12.0. The molecule has 1 fully saturated rings. The van der Waals surface area contributed by atoms with E-state index in [2.05, 4.69) is 39.6 Å². The van der Waals surface area contributed by atoms with Crippen LogP contribution >= 0.6 is 27.3 Å². The molecule has 16 heavy (non-hydrogen) atoms. The number of hydrogen-bond donors (Lipinski definition) is 2. The number of nitrogens with two attached hydrogens (primary N) is 1. The Labute approximate surface area is 110 Å². The van der Waals surface area contributed by atoms with E-state index in [1.165, 1.54) is 28.6 Å². The fraction of sp³-hybridized carbons (Fsp3) is 0.667. The molecule has 1 aliphatic rings. The summed E-state index contributed by atoms with van der Waals surface area (Å²) in [5.41, 5.74) is 6.45. The molecule has 0 saturated heterocycles. The highest BCUT2D eigenvalue weighted by molar-refractivity contribution is 9.10. The Morgan fingerprint density at radius 2 is 2.50 bits per heavy atom. The number of nitrogens with one attached hydrogen (secondary N) is 1. The molecular weight excluding hydrogens is 284 g/mol. The van der Waals surface area contributed by atoms with Crippen molar-refractivity contribution in [2.75, 3.05) is 6.54 Å². The molecule has 90 valence electrons. The van der Waals surface area contributed by atoms with E-state index in [9.17, 15) is 0 Å². The molecule has 1 aliphatic carbocycles. The molecule has 1 heterocycles. The van der Waals surface area contributed by atoms with Crippen molar-refractivity contribution < 1.29 is 0 Å². The molecule has 0 amide bonds. The van der Waals surface area contributed by atoms with E-state index in [0.29, 0.717) is 11.5 Å². The summed E-state index contributed by atoms with van der Waals surface area (Å²) in [6, 6.07) is 2.47. The summed E-state index contributed by atoms with van der Waals surface area (Å²) in [5.74, 6) is 0. The Morgan fingerprint density at radius 3 is 3.06 bits per heavy atom. The van der Waals surface area contributed by atoms with Crippen molar-refractivity contribution in [3.8, 4) is 0 Å². The van der Waals surface area contributed by atoms with E-state index in [1.807, 2.05) is 0 Å². The lowest BCUT2D eigenvalue weighted by molar-refractivity contribution is 0.277. The van der Waals surface area contributed by atoms with Crippen LogP contribution in [0.2, 0.25) is 0 Å². The molecule has 2 nitrogen and oxygen atoms in total. The molecule has 2 unspecified atom stereocenters. The van der Waals surface area contributed by atoms with Crippen molar-refractivity contribution in [1.29, 1.82) is 0 Å². The van der Waals surface area contributed by atoms with Crippen molar-refractivity contribution in [1.82, 2.24) is 5.32 Å². The predicted octanol–water partition coefficient (Wildman–Crippen LogP) is 3.12. The number of rotatable bonds is 4. The average Bonchev–Trinajstić information content (AvgIpc) is 2.77. The first-order valence-corrected chi connectivity index (χ1v) is 7.47. The number of hydrogen-bond acceptors (Lipinski definition) is 3. The minimum Gasteiger partial charge on any atom is -0.327 e. The summed E-state index contributed by atoms with van der Waals surface area (Å²) in [6.07, 6.45) is 3.72. The molecular formula is C12H19BrN2S. The zero-order valence-electron chi connectivity index (χ0n) is 9.63. The number of thiophene rings is 1. The Morgan fingerprint density at radius 1 is 1.69 bits per heavy atom. The monoisotopic (exact) mass is 302 g/mol. The first-order chi connectivity index (χ1) is 7.62. The average molecular weight is 303 g/mol. The van der Waals surface area contributed by atoms with Gasteiger partial charge in [-0.25, -0.2) is 0 Å². The van der Waals surface area contributed by atoms with Gasteiger partial charge in [0.25, 0.3) is 0 Å². The van der Waals surface area contributed by atoms with Crippen LogP contribution in [0.25, 0.3) is 0 Å². The summed E-state index contributed by atoms with van der Waals surface area (Å²) in [5, 5.41) is 5.66. The third kappa shape index (κ3) is 2.67. The second kappa shape index (κ2) is 5.17. The lowest BCUT2D eigenvalue weighted by atomic mass is 9.85. The second-order valence-corrected chi connectivity index (χ2v) is 6.80. The van der Waals surface area contributed by atoms with Crippen molar-refractivity contribution in [3.63, 3.8) is 0 Å². The maximum Gasteiger partial charge on any atom is 0.0327 e. The van der Waals surface area contributed by atoms with Gasteiger partial charge in [-0.05, 0) is 45.6 Å². The topological polar surface area (TPSA) is 38.0 Å². The maximum absolute atomic E-state index is 6.16. The van der Waals surface area contributed by atoms with Crippen LogP contribution in [0.1, 0.15) is 31.1 Å². The van der Waals surface area contributed by atoms with Crippen LogP contribution in [0.5, 0.6) is 0 Å². The van der Waals surface area contributed by atoms with Gasteiger partial charge in [-0.15, -0.1) is 11.3 Å². The summed E-state index contributed by atoms with van der Waals surface area (Å²) in [6.45, 7) is 4.28. The Hall–Kier alpha value is 0.1000. The highest BCUT2D eigenvalue weighted by atomic mass is 79.9. The lowest BCUT2D eigenvalue weighted by Gasteiger charge is -2.29. The molecule has 2 rings (SSSR count).